The fourth-order valence-corrected chi connectivity index (χ4v) is 5.50. The molecular formula is C23H35N4O6P. The van der Waals surface area contributed by atoms with Gasteiger partial charge >= 0.3 is 5.69 Å². The van der Waals surface area contributed by atoms with Crippen LogP contribution in [0.5, 0.6) is 0 Å². The van der Waals surface area contributed by atoms with Crippen LogP contribution in [-0.2, 0) is 14.2 Å². The molecule has 3 N–H and O–H groups in total. The summed E-state index contributed by atoms with van der Waals surface area (Å²) in [5.41, 5.74) is -1.25. The van der Waals surface area contributed by atoms with Crippen molar-refractivity contribution in [2.45, 2.75) is 46.6 Å². The van der Waals surface area contributed by atoms with E-state index in [2.05, 4.69) is 15.6 Å². The number of amides is 2. The molecule has 188 valence electrons. The van der Waals surface area contributed by atoms with Gasteiger partial charge in [-0.1, -0.05) is 44.6 Å². The van der Waals surface area contributed by atoms with Gasteiger partial charge < -0.3 is 20.2 Å². The SMILES string of the molecule is CNC(=O)[C@H](CC(C)C)NC(=O)C(CC(C)C)CP(C)(=O)On1c(=O)[nH]c2ccccc2c1=O. The molecule has 1 aromatic carbocycles. The van der Waals surface area contributed by atoms with Gasteiger partial charge in [0.05, 0.1) is 10.9 Å². The third-order valence-electron chi connectivity index (χ3n) is 5.29. The quantitative estimate of drug-likeness (QED) is 0.408. The Morgan fingerprint density at radius 2 is 1.68 bits per heavy atom. The van der Waals surface area contributed by atoms with Gasteiger partial charge in [0.1, 0.15) is 6.04 Å². The first-order chi connectivity index (χ1) is 15.8. The first-order valence-corrected chi connectivity index (χ1v) is 13.6. The average molecular weight is 495 g/mol. The minimum absolute atomic E-state index is 0.0890. The van der Waals surface area contributed by atoms with Gasteiger partial charge in [-0.05, 0) is 36.8 Å². The summed E-state index contributed by atoms with van der Waals surface area (Å²) >= 11 is 0. The zero-order valence-electron chi connectivity index (χ0n) is 20.6. The van der Waals surface area contributed by atoms with E-state index in [1.54, 1.807) is 18.2 Å². The number of hydrogen-bond donors (Lipinski definition) is 3. The van der Waals surface area contributed by atoms with Crippen molar-refractivity contribution in [2.75, 3.05) is 19.9 Å². The van der Waals surface area contributed by atoms with Crippen LogP contribution in [0.4, 0.5) is 0 Å². The highest BCUT2D eigenvalue weighted by Gasteiger charge is 2.33. The summed E-state index contributed by atoms with van der Waals surface area (Å²) in [7, 11) is -2.13. The number of carbonyl (C=O) groups is 2. The van der Waals surface area contributed by atoms with Crippen LogP contribution >= 0.6 is 7.37 Å². The Hall–Kier alpha value is -2.87. The van der Waals surface area contributed by atoms with Gasteiger partial charge in [0.25, 0.3) is 12.9 Å². The van der Waals surface area contributed by atoms with Crippen molar-refractivity contribution in [1.82, 2.24) is 20.3 Å². The van der Waals surface area contributed by atoms with Crippen LogP contribution < -0.4 is 26.5 Å². The molecule has 2 amide bonds. The molecule has 0 aliphatic carbocycles. The highest BCUT2D eigenvalue weighted by atomic mass is 31.2. The van der Waals surface area contributed by atoms with E-state index in [1.807, 2.05) is 27.7 Å². The van der Waals surface area contributed by atoms with E-state index in [-0.39, 0.29) is 29.3 Å². The number of nitrogens with zero attached hydrogens (tertiary/aromatic N) is 1. The number of rotatable bonds is 11. The monoisotopic (exact) mass is 494 g/mol. The molecule has 1 heterocycles. The van der Waals surface area contributed by atoms with Crippen LogP contribution in [0.25, 0.3) is 10.9 Å². The summed E-state index contributed by atoms with van der Waals surface area (Å²) in [6.07, 6.45) is 0.637. The van der Waals surface area contributed by atoms with Crippen LogP contribution in [0.2, 0.25) is 0 Å². The van der Waals surface area contributed by atoms with Crippen LogP contribution in [0.3, 0.4) is 0 Å². The molecule has 0 bridgehead atoms. The summed E-state index contributed by atoms with van der Waals surface area (Å²) in [4.78, 5) is 53.1. The number of H-pyrrole nitrogens is 1. The molecule has 0 aliphatic rings. The Bertz CT molecular complexity index is 1190. The van der Waals surface area contributed by atoms with Crippen molar-refractivity contribution in [3.8, 4) is 0 Å². The van der Waals surface area contributed by atoms with Crippen molar-refractivity contribution in [1.29, 1.82) is 0 Å². The first-order valence-electron chi connectivity index (χ1n) is 11.4. The smallest absolute Gasteiger partial charge is 0.357 e. The zero-order valence-corrected chi connectivity index (χ0v) is 21.5. The van der Waals surface area contributed by atoms with Gasteiger partial charge in [0, 0.05) is 25.8 Å². The lowest BCUT2D eigenvalue weighted by molar-refractivity contribution is -0.131. The number of fused-ring (bicyclic) bond motifs is 1. The third-order valence-corrected chi connectivity index (χ3v) is 6.90. The van der Waals surface area contributed by atoms with E-state index < -0.39 is 36.5 Å². The molecule has 0 spiro atoms. The van der Waals surface area contributed by atoms with Gasteiger partial charge in [-0.2, -0.15) is 0 Å². The summed E-state index contributed by atoms with van der Waals surface area (Å²) in [6, 6.07) is 5.69. The molecular weight excluding hydrogens is 459 g/mol. The lowest BCUT2D eigenvalue weighted by atomic mass is 9.96. The molecule has 11 heteroatoms. The maximum Gasteiger partial charge on any atom is 0.362 e. The minimum Gasteiger partial charge on any atom is -0.357 e. The number of para-hydroxylation sites is 1. The predicted molar refractivity (Wildman–Crippen MR) is 132 cm³/mol. The average Bonchev–Trinajstić information content (AvgIpc) is 2.74. The van der Waals surface area contributed by atoms with E-state index in [1.165, 1.54) is 19.8 Å². The fraction of sp³-hybridized carbons (Fsp3) is 0.565. The largest absolute Gasteiger partial charge is 0.362 e. The summed E-state index contributed by atoms with van der Waals surface area (Å²) in [5.74, 6) is -1.22. The van der Waals surface area contributed by atoms with Gasteiger partial charge in [-0.15, -0.1) is 0 Å². The molecule has 0 aliphatic heterocycles. The normalized spacial score (nSPS) is 15.1. The fourth-order valence-electron chi connectivity index (χ4n) is 3.83. The molecule has 2 unspecified atom stereocenters. The maximum absolute atomic E-state index is 13.4. The van der Waals surface area contributed by atoms with E-state index in [9.17, 15) is 23.7 Å². The van der Waals surface area contributed by atoms with Crippen molar-refractivity contribution in [3.63, 3.8) is 0 Å². The second-order valence-corrected chi connectivity index (χ2v) is 12.0. The lowest BCUT2D eigenvalue weighted by Gasteiger charge is -2.25. The maximum atomic E-state index is 13.4. The molecule has 3 atom stereocenters. The van der Waals surface area contributed by atoms with Crippen LogP contribution in [0.1, 0.15) is 40.5 Å². The number of benzene rings is 1. The molecule has 0 saturated carbocycles. The van der Waals surface area contributed by atoms with Crippen LogP contribution in [0, 0.1) is 17.8 Å². The predicted octanol–water partition coefficient (Wildman–Crippen LogP) is 1.97. The van der Waals surface area contributed by atoms with Gasteiger partial charge in [-0.25, -0.2) is 4.79 Å². The Labute approximate surface area is 198 Å². The molecule has 0 radical (unpaired) electrons. The summed E-state index contributed by atoms with van der Waals surface area (Å²) < 4.78 is 19.3. The van der Waals surface area contributed by atoms with Crippen molar-refractivity contribution < 1.29 is 18.8 Å². The number of likely N-dealkylation sites (N-methyl/N-ethyl adjacent to an activating group) is 1. The Morgan fingerprint density at radius 1 is 1.06 bits per heavy atom. The molecule has 34 heavy (non-hydrogen) atoms. The van der Waals surface area contributed by atoms with Gasteiger partial charge in [0.2, 0.25) is 11.8 Å². The number of aromatic amines is 1. The second kappa shape index (κ2) is 11.5. The Kier molecular flexibility index (Phi) is 9.27. The Morgan fingerprint density at radius 3 is 2.26 bits per heavy atom. The second-order valence-electron chi connectivity index (χ2n) is 9.49. The number of aromatic nitrogens is 2. The number of nitrogens with one attached hydrogen (secondary N) is 3. The van der Waals surface area contributed by atoms with E-state index in [4.69, 9.17) is 4.62 Å². The number of carbonyl (C=O) groups excluding carboxylic acids is 2. The molecule has 0 saturated heterocycles. The molecule has 0 fully saturated rings. The topological polar surface area (TPSA) is 139 Å². The van der Waals surface area contributed by atoms with E-state index in [0.29, 0.717) is 23.1 Å². The summed E-state index contributed by atoms with van der Waals surface area (Å²) in [6.45, 7) is 9.02. The molecule has 10 nitrogen and oxygen atoms in total. The third kappa shape index (κ3) is 7.32. The van der Waals surface area contributed by atoms with Gasteiger partial charge in [0.15, 0.2) is 0 Å². The number of hydrogen-bond acceptors (Lipinski definition) is 6. The Balaban J connectivity index is 2.30. The van der Waals surface area contributed by atoms with Crippen molar-refractivity contribution >= 4 is 30.1 Å². The molecule has 1 aromatic heterocycles. The van der Waals surface area contributed by atoms with Gasteiger partial charge in [-0.3, -0.25) is 18.9 Å². The van der Waals surface area contributed by atoms with E-state index >= 15 is 0 Å². The standard InChI is InChI=1S/C23H35N4O6P/c1-14(2)11-16(20(28)25-19(12-15(3)4)21(29)24-5)13-34(6,32)33-27-22(30)17-9-7-8-10-18(17)26-23(27)31/h7-10,14-16,19H,11-13H2,1-6H3,(H,24,29)(H,25,28)(H,26,31)/t16?,19-,34?/m0/s1. The zero-order chi connectivity index (χ0) is 25.6. The first kappa shape index (κ1) is 27.4. The van der Waals surface area contributed by atoms with Crippen LogP contribution in [0.15, 0.2) is 33.9 Å². The van der Waals surface area contributed by atoms with Crippen molar-refractivity contribution in [2.24, 2.45) is 17.8 Å². The van der Waals surface area contributed by atoms with Crippen LogP contribution in [-0.4, -0.2) is 47.4 Å². The highest BCUT2D eigenvalue weighted by molar-refractivity contribution is 7.58. The van der Waals surface area contributed by atoms with Crippen molar-refractivity contribution in [3.05, 3.63) is 45.1 Å². The molecule has 2 rings (SSSR count). The highest BCUT2D eigenvalue weighted by Crippen LogP contribution is 2.41. The summed E-state index contributed by atoms with van der Waals surface area (Å²) in [5, 5.41) is 5.54. The van der Waals surface area contributed by atoms with E-state index in [0.717, 1.165) is 0 Å². The lowest BCUT2D eigenvalue weighted by Crippen LogP contribution is -2.49. The molecule has 2 aromatic rings. The minimum atomic E-state index is -3.63.